The fraction of sp³-hybridized carbons (Fsp3) is 0.163. The van der Waals surface area contributed by atoms with E-state index >= 15 is 0 Å². The fourth-order valence-electron chi connectivity index (χ4n) is 21.5. The van der Waals surface area contributed by atoms with Gasteiger partial charge in [-0.05, 0) is 301 Å². The van der Waals surface area contributed by atoms with Crippen molar-refractivity contribution in [2.45, 2.75) is 138 Å². The minimum atomic E-state index is -0.559. The average molecular weight is 1750 g/mol. The second-order valence-electron chi connectivity index (χ2n) is 42.9. The third-order valence-electron chi connectivity index (χ3n) is 28.8. The third kappa shape index (κ3) is 13.9. The van der Waals surface area contributed by atoms with Crippen LogP contribution in [0.15, 0.2) is 374 Å². The van der Waals surface area contributed by atoms with Gasteiger partial charge in [-0.3, -0.25) is 0 Å². The molecule has 135 heavy (non-hydrogen) atoms. The molecule has 3 aliphatic heterocycles. The Morgan fingerprint density at radius 3 is 1.28 bits per heavy atom. The van der Waals surface area contributed by atoms with E-state index < -0.39 is 29.6 Å². The number of aryl methyl sites for hydroxylation is 1. The average Bonchev–Trinajstić information content (AvgIpc) is 0.862. The van der Waals surface area contributed by atoms with Crippen molar-refractivity contribution in [3.63, 3.8) is 0 Å². The molecule has 21 aromatic rings. The van der Waals surface area contributed by atoms with E-state index in [-0.39, 0.29) is 73.8 Å². The van der Waals surface area contributed by atoms with Crippen molar-refractivity contribution >= 4 is 123 Å². The molecule has 654 valence electrons. The SMILES string of the molecule is [2H]c1c([2H])c([2H])c2c(c1[2H])c1c([2H])c(-c3ccc4oc5ccccc5c4c3)c([2H])c([2H])c1n2-c1ccc2c(c1)N1c3cc(C(C)(C)C)cc4c3B2c2cc(-c3cc(C(C)(C)C)cc(C(C)(C)C)c3)ccc2N4c2c(-c3ccccc3)cc(C(C)(C)C)cc2-c2cccc(c2)-c2ccc3c(c2)c2cc(ccc2n3-c2cc(C)cc(-c3ccccc3)c2)-c2cccc(c2)-c2cc(C(C)(C)C)cc(-c3ccccc3)c21. The lowest BCUT2D eigenvalue weighted by molar-refractivity contribution is 0.569. The van der Waals surface area contributed by atoms with E-state index in [4.69, 9.17) is 4.42 Å². The molecule has 0 spiro atoms. The fourth-order valence-corrected chi connectivity index (χ4v) is 21.5. The molecule has 18 aromatic carbocycles. The van der Waals surface area contributed by atoms with Crippen LogP contribution in [0.3, 0.4) is 0 Å². The van der Waals surface area contributed by atoms with Crippen LogP contribution in [0.25, 0.3) is 177 Å². The maximum atomic E-state index is 10.8. The summed E-state index contributed by atoms with van der Waals surface area (Å²) in [5, 5.41) is 4.08. The molecule has 0 saturated carbocycles. The number of furan rings is 1. The number of hydrogen-bond donors (Lipinski definition) is 0. The molecule has 0 aliphatic carbocycles. The first kappa shape index (κ1) is 75.5. The van der Waals surface area contributed by atoms with Gasteiger partial charge in [0.25, 0.3) is 6.71 Å². The van der Waals surface area contributed by atoms with E-state index in [0.717, 1.165) is 194 Å². The van der Waals surface area contributed by atoms with Gasteiger partial charge in [-0.1, -0.05) is 334 Å². The lowest BCUT2D eigenvalue weighted by Crippen LogP contribution is -2.61. The zero-order valence-corrected chi connectivity index (χ0v) is 79.5. The van der Waals surface area contributed by atoms with Crippen molar-refractivity contribution < 1.29 is 14.0 Å². The van der Waals surface area contributed by atoms with Crippen molar-refractivity contribution in [3.05, 3.63) is 403 Å². The van der Waals surface area contributed by atoms with E-state index in [1.165, 1.54) is 16.7 Å². The van der Waals surface area contributed by atoms with Crippen LogP contribution >= 0.6 is 0 Å². The quantitative estimate of drug-likeness (QED) is 0.149. The molecule has 3 aromatic heterocycles. The van der Waals surface area contributed by atoms with E-state index in [2.05, 4.69) is 410 Å². The van der Waals surface area contributed by atoms with E-state index in [0.29, 0.717) is 22.4 Å². The van der Waals surface area contributed by atoms with Gasteiger partial charge in [-0.25, -0.2) is 0 Å². The zero-order chi connectivity index (χ0) is 98.5. The molecule has 3 aliphatic rings. The molecule has 6 heterocycles. The normalized spacial score (nSPS) is 13.9. The summed E-state index contributed by atoms with van der Waals surface area (Å²) in [6.45, 7) is 36.4. The highest BCUT2D eigenvalue weighted by atomic mass is 16.3. The standard InChI is InChI=1S/C129H109BN4O/c1-78-58-91(79-32-20-17-21-33-79)64-99(59-78)132-114-54-46-84-66-107(114)108-67-85(47-55-115(108)132)83-39-31-41-90(61-83)105-74-96(128(11,12)13)72-103(81-36-24-19-25-37-81)124(105)134-117-77-98(131-112-44-28-26-42-100(112)106-65-86(48-53-113(106)131)87-50-57-121-109(68-87)101-43-27-29-45-120(101)135-121)51-52-110(117)130-111-69-88(92-62-93(125(2,3)4)70-94(63-92)126(5,6)7)49-56-116(111)133(118-75-97(129(14,15)16)76-119(134)122(118)130)123-102(80-34-22-18-23-35-80)71-95(127(8,9)10)73-104(123)89-40-30-38-82(84)60-89/h17-77H,1-16H3/i26D,28D,42D,44D,48D,53D,65D. The smallest absolute Gasteiger partial charge is 0.252 e. The highest BCUT2D eigenvalue weighted by Gasteiger charge is 2.47. The van der Waals surface area contributed by atoms with Crippen molar-refractivity contribution in [2.75, 3.05) is 9.80 Å². The Kier molecular flexibility index (Phi) is 17.1. The highest BCUT2D eigenvalue weighted by molar-refractivity contribution is 7.00. The summed E-state index contributed by atoms with van der Waals surface area (Å²) < 4.78 is 82.7. The number of aromatic nitrogens is 2. The number of fused-ring (bicyclic) bond motifs is 26. The topological polar surface area (TPSA) is 29.5 Å². The first-order valence-corrected chi connectivity index (χ1v) is 47.5. The maximum Gasteiger partial charge on any atom is 0.252 e. The lowest BCUT2D eigenvalue weighted by atomic mass is 9.33. The molecule has 13 bridgehead atoms. The molecule has 0 fully saturated rings. The molecule has 0 saturated heterocycles. The summed E-state index contributed by atoms with van der Waals surface area (Å²) in [5.74, 6) is 0. The monoisotopic (exact) mass is 1750 g/mol. The van der Waals surface area contributed by atoms with Crippen molar-refractivity contribution in [2.24, 2.45) is 0 Å². The Labute approximate surface area is 803 Å². The van der Waals surface area contributed by atoms with Crippen LogP contribution < -0.4 is 26.2 Å². The molecule has 0 atom stereocenters. The Hall–Kier alpha value is -15.0. The van der Waals surface area contributed by atoms with Crippen LogP contribution in [0.5, 0.6) is 0 Å². The molecule has 5 nitrogen and oxygen atoms in total. The number of benzene rings is 18. The summed E-state index contributed by atoms with van der Waals surface area (Å²) in [4.78, 5) is 5.22. The molecule has 0 amide bonds. The van der Waals surface area contributed by atoms with Gasteiger partial charge in [0.05, 0.1) is 43.0 Å². The largest absolute Gasteiger partial charge is 0.456 e. The molecule has 0 unspecified atom stereocenters. The van der Waals surface area contributed by atoms with Gasteiger partial charge in [0, 0.05) is 88.7 Å². The first-order chi connectivity index (χ1) is 67.9. The molecular formula is C129H109BN4O. The second-order valence-corrected chi connectivity index (χ2v) is 42.9. The lowest BCUT2D eigenvalue weighted by Gasteiger charge is -2.47. The summed E-state index contributed by atoms with van der Waals surface area (Å²) in [6.07, 6.45) is 0. The van der Waals surface area contributed by atoms with Crippen LogP contribution in [0.2, 0.25) is 0 Å². The van der Waals surface area contributed by atoms with Gasteiger partial charge in [0.1, 0.15) is 11.2 Å². The van der Waals surface area contributed by atoms with Gasteiger partial charge in [0.15, 0.2) is 0 Å². The first-order valence-electron chi connectivity index (χ1n) is 51.0. The Morgan fingerprint density at radius 1 is 0.252 bits per heavy atom. The zero-order valence-electron chi connectivity index (χ0n) is 86.5. The van der Waals surface area contributed by atoms with Crippen LogP contribution in [0, 0.1) is 6.92 Å². The predicted octanol–water partition coefficient (Wildman–Crippen LogP) is 34.0. The molecule has 0 N–H and O–H groups in total. The van der Waals surface area contributed by atoms with Gasteiger partial charge in [-0.15, -0.1) is 0 Å². The van der Waals surface area contributed by atoms with Gasteiger partial charge in [0.2, 0.25) is 0 Å². The molecule has 0 radical (unpaired) electrons. The minimum Gasteiger partial charge on any atom is -0.456 e. The predicted molar refractivity (Wildman–Crippen MR) is 577 cm³/mol. The van der Waals surface area contributed by atoms with Gasteiger partial charge in [-0.2, -0.15) is 0 Å². The van der Waals surface area contributed by atoms with Crippen LogP contribution in [0.4, 0.5) is 34.1 Å². The maximum absolute atomic E-state index is 10.8. The summed E-state index contributed by atoms with van der Waals surface area (Å²) in [7, 11) is 0. The summed E-state index contributed by atoms with van der Waals surface area (Å²) >= 11 is 0. The summed E-state index contributed by atoms with van der Waals surface area (Å²) in [6, 6.07) is 119. The summed E-state index contributed by atoms with van der Waals surface area (Å²) in [5.41, 5.74) is 36.6. The van der Waals surface area contributed by atoms with Gasteiger partial charge < -0.3 is 23.4 Å². The van der Waals surface area contributed by atoms with E-state index in [9.17, 15) is 9.60 Å². The van der Waals surface area contributed by atoms with Gasteiger partial charge >= 0.3 is 0 Å². The number of nitrogens with zero attached hydrogens (tertiary/aromatic N) is 4. The van der Waals surface area contributed by atoms with Crippen molar-refractivity contribution in [1.82, 2.24) is 9.13 Å². The number of anilines is 6. The Balaban J connectivity index is 0.884. The second kappa shape index (κ2) is 30.5. The number of para-hydroxylation sites is 2. The molecular weight excluding hydrogens is 1630 g/mol. The van der Waals surface area contributed by atoms with E-state index in [1.807, 2.05) is 42.5 Å². The number of hydrogen-bond acceptors (Lipinski definition) is 3. The van der Waals surface area contributed by atoms with Crippen LogP contribution in [-0.4, -0.2) is 15.8 Å². The molecule has 24 rings (SSSR count). The van der Waals surface area contributed by atoms with Crippen LogP contribution in [-0.2, 0) is 27.1 Å². The Morgan fingerprint density at radius 2 is 0.696 bits per heavy atom. The van der Waals surface area contributed by atoms with Crippen molar-refractivity contribution in [3.8, 4) is 112 Å². The minimum absolute atomic E-state index is 0.0801. The van der Waals surface area contributed by atoms with Crippen molar-refractivity contribution in [1.29, 1.82) is 0 Å². The highest BCUT2D eigenvalue weighted by Crippen LogP contribution is 2.57. The van der Waals surface area contributed by atoms with E-state index in [1.54, 1.807) is 4.57 Å². The Bertz CT molecular complexity index is 8940. The third-order valence-corrected chi connectivity index (χ3v) is 28.8. The van der Waals surface area contributed by atoms with Crippen LogP contribution in [0.1, 0.15) is 147 Å². The molecule has 6 heteroatoms. The number of rotatable bonds is 7.